The number of carbonyl (C=O) groups is 2. The SMILES string of the molecule is NC1CCCCC1C(=O)Nc1cc(Br)ccc1C(=O)O. The van der Waals surface area contributed by atoms with Crippen molar-refractivity contribution in [3.8, 4) is 0 Å². The van der Waals surface area contributed by atoms with Gasteiger partial charge < -0.3 is 16.2 Å². The summed E-state index contributed by atoms with van der Waals surface area (Å²) in [4.78, 5) is 23.4. The maximum Gasteiger partial charge on any atom is 0.337 e. The molecule has 0 saturated heterocycles. The van der Waals surface area contributed by atoms with E-state index in [2.05, 4.69) is 21.2 Å². The van der Waals surface area contributed by atoms with Crippen LogP contribution in [0.1, 0.15) is 36.0 Å². The largest absolute Gasteiger partial charge is 0.478 e. The van der Waals surface area contributed by atoms with E-state index in [1.54, 1.807) is 12.1 Å². The maximum absolute atomic E-state index is 12.3. The van der Waals surface area contributed by atoms with Crippen molar-refractivity contribution in [2.45, 2.75) is 31.7 Å². The first kappa shape index (κ1) is 15.0. The summed E-state index contributed by atoms with van der Waals surface area (Å²) in [6.45, 7) is 0. The number of benzene rings is 1. The number of carboxylic acids is 1. The standard InChI is InChI=1S/C14H17BrN2O3/c15-8-5-6-10(14(19)20)12(7-8)17-13(18)9-3-1-2-4-11(9)16/h5-7,9,11H,1-4,16H2,(H,17,18)(H,19,20). The van der Waals surface area contributed by atoms with Crippen molar-refractivity contribution in [1.29, 1.82) is 0 Å². The molecule has 0 bridgehead atoms. The average Bonchev–Trinajstić information content (AvgIpc) is 2.38. The van der Waals surface area contributed by atoms with Crippen LogP contribution in [0.2, 0.25) is 0 Å². The van der Waals surface area contributed by atoms with Crippen LogP contribution in [0.3, 0.4) is 0 Å². The Kier molecular flexibility index (Phi) is 4.77. The van der Waals surface area contributed by atoms with Crippen molar-refractivity contribution >= 4 is 33.5 Å². The van der Waals surface area contributed by atoms with Gasteiger partial charge >= 0.3 is 5.97 Å². The predicted octanol–water partition coefficient (Wildman–Crippen LogP) is 2.60. The number of anilines is 1. The molecule has 2 rings (SSSR count). The molecule has 0 spiro atoms. The molecule has 1 fully saturated rings. The highest BCUT2D eigenvalue weighted by Crippen LogP contribution is 2.26. The Balaban J connectivity index is 2.18. The number of amides is 1. The van der Waals surface area contributed by atoms with Gasteiger partial charge in [0.25, 0.3) is 0 Å². The molecule has 5 nitrogen and oxygen atoms in total. The van der Waals surface area contributed by atoms with Crippen LogP contribution in [0.4, 0.5) is 5.69 Å². The van der Waals surface area contributed by atoms with Crippen LogP contribution in [-0.4, -0.2) is 23.0 Å². The van der Waals surface area contributed by atoms with E-state index in [9.17, 15) is 9.59 Å². The molecule has 6 heteroatoms. The number of nitrogens with one attached hydrogen (secondary N) is 1. The molecule has 108 valence electrons. The predicted molar refractivity (Wildman–Crippen MR) is 79.7 cm³/mol. The van der Waals surface area contributed by atoms with Gasteiger partial charge in [0.1, 0.15) is 0 Å². The Bertz CT molecular complexity index is 533. The number of nitrogens with two attached hydrogens (primary N) is 1. The Labute approximate surface area is 125 Å². The van der Waals surface area contributed by atoms with Crippen LogP contribution in [0.15, 0.2) is 22.7 Å². The van der Waals surface area contributed by atoms with E-state index in [1.165, 1.54) is 6.07 Å². The van der Waals surface area contributed by atoms with Crippen LogP contribution in [0.25, 0.3) is 0 Å². The van der Waals surface area contributed by atoms with Gasteiger partial charge in [-0.15, -0.1) is 0 Å². The minimum Gasteiger partial charge on any atom is -0.478 e. The highest BCUT2D eigenvalue weighted by Gasteiger charge is 2.29. The third kappa shape index (κ3) is 3.37. The first-order valence-electron chi connectivity index (χ1n) is 6.58. The fraction of sp³-hybridized carbons (Fsp3) is 0.429. The Morgan fingerprint density at radius 1 is 1.30 bits per heavy atom. The zero-order chi connectivity index (χ0) is 14.7. The summed E-state index contributed by atoms with van der Waals surface area (Å²) in [5.41, 5.74) is 6.35. The second-order valence-corrected chi connectivity index (χ2v) is 5.95. The molecule has 1 amide bonds. The van der Waals surface area contributed by atoms with Gasteiger partial charge in [0.05, 0.1) is 17.2 Å². The number of hydrogen-bond donors (Lipinski definition) is 3. The minimum absolute atomic E-state index is 0.0749. The lowest BCUT2D eigenvalue weighted by Crippen LogP contribution is -2.40. The van der Waals surface area contributed by atoms with Crippen LogP contribution in [0.5, 0.6) is 0 Å². The quantitative estimate of drug-likeness (QED) is 0.788. The first-order valence-corrected chi connectivity index (χ1v) is 7.37. The lowest BCUT2D eigenvalue weighted by molar-refractivity contribution is -0.121. The summed E-state index contributed by atoms with van der Waals surface area (Å²) < 4.78 is 0.714. The molecule has 2 atom stereocenters. The molecule has 1 aromatic rings. The van der Waals surface area contributed by atoms with E-state index in [4.69, 9.17) is 10.8 Å². The van der Waals surface area contributed by atoms with Crippen molar-refractivity contribution in [2.75, 3.05) is 5.32 Å². The lowest BCUT2D eigenvalue weighted by atomic mass is 9.84. The average molecular weight is 341 g/mol. The zero-order valence-electron chi connectivity index (χ0n) is 10.9. The van der Waals surface area contributed by atoms with Gasteiger partial charge in [-0.25, -0.2) is 4.79 Å². The summed E-state index contributed by atoms with van der Waals surface area (Å²) in [5.74, 6) is -1.51. The van der Waals surface area contributed by atoms with Crippen LogP contribution < -0.4 is 11.1 Å². The smallest absolute Gasteiger partial charge is 0.337 e. The van der Waals surface area contributed by atoms with E-state index in [0.29, 0.717) is 10.2 Å². The Morgan fingerprint density at radius 3 is 2.65 bits per heavy atom. The minimum atomic E-state index is -1.07. The molecule has 4 N–H and O–H groups in total. The normalized spacial score (nSPS) is 22.3. The molecule has 0 aliphatic heterocycles. The summed E-state index contributed by atoms with van der Waals surface area (Å²) in [5, 5.41) is 11.8. The molecule has 0 aromatic heterocycles. The van der Waals surface area contributed by atoms with Crippen molar-refractivity contribution in [2.24, 2.45) is 11.7 Å². The lowest BCUT2D eigenvalue weighted by Gasteiger charge is -2.27. The molecule has 1 aliphatic rings. The third-order valence-electron chi connectivity index (χ3n) is 3.63. The van der Waals surface area contributed by atoms with Crippen LogP contribution in [-0.2, 0) is 4.79 Å². The highest BCUT2D eigenvalue weighted by molar-refractivity contribution is 9.10. The number of carboxylic acid groups (broad SMARTS) is 1. The van der Waals surface area contributed by atoms with Crippen molar-refractivity contribution in [1.82, 2.24) is 0 Å². The Morgan fingerprint density at radius 2 is 2.00 bits per heavy atom. The van der Waals surface area contributed by atoms with E-state index in [-0.39, 0.29) is 23.4 Å². The summed E-state index contributed by atoms with van der Waals surface area (Å²) in [6.07, 6.45) is 3.62. The molecular weight excluding hydrogens is 324 g/mol. The fourth-order valence-electron chi connectivity index (χ4n) is 2.52. The van der Waals surface area contributed by atoms with Gasteiger partial charge in [0.2, 0.25) is 5.91 Å². The molecule has 20 heavy (non-hydrogen) atoms. The highest BCUT2D eigenvalue weighted by atomic mass is 79.9. The van der Waals surface area contributed by atoms with Gasteiger partial charge in [-0.05, 0) is 31.0 Å². The van der Waals surface area contributed by atoms with E-state index in [1.807, 2.05) is 0 Å². The van der Waals surface area contributed by atoms with Gasteiger partial charge in [-0.2, -0.15) is 0 Å². The van der Waals surface area contributed by atoms with Crippen molar-refractivity contribution in [3.63, 3.8) is 0 Å². The topological polar surface area (TPSA) is 92.4 Å². The van der Waals surface area contributed by atoms with E-state index in [0.717, 1.165) is 25.7 Å². The second kappa shape index (κ2) is 6.37. The van der Waals surface area contributed by atoms with E-state index >= 15 is 0 Å². The number of rotatable bonds is 3. The molecule has 0 radical (unpaired) electrons. The monoisotopic (exact) mass is 340 g/mol. The van der Waals surface area contributed by atoms with Crippen molar-refractivity contribution in [3.05, 3.63) is 28.2 Å². The van der Waals surface area contributed by atoms with Gasteiger partial charge in [-0.1, -0.05) is 28.8 Å². The molecule has 1 saturated carbocycles. The van der Waals surface area contributed by atoms with E-state index < -0.39 is 5.97 Å². The molecule has 1 aromatic carbocycles. The fourth-order valence-corrected chi connectivity index (χ4v) is 2.88. The second-order valence-electron chi connectivity index (χ2n) is 5.04. The third-order valence-corrected chi connectivity index (χ3v) is 4.12. The first-order chi connectivity index (χ1) is 9.49. The van der Waals surface area contributed by atoms with Gasteiger partial charge in [0.15, 0.2) is 0 Å². The Hall–Kier alpha value is -1.40. The number of hydrogen-bond acceptors (Lipinski definition) is 3. The molecule has 0 heterocycles. The van der Waals surface area contributed by atoms with Gasteiger partial charge in [0, 0.05) is 10.5 Å². The van der Waals surface area contributed by atoms with Crippen LogP contribution >= 0.6 is 15.9 Å². The summed E-state index contributed by atoms with van der Waals surface area (Å²) >= 11 is 3.27. The zero-order valence-corrected chi connectivity index (χ0v) is 12.5. The van der Waals surface area contributed by atoms with Crippen LogP contribution in [0, 0.1) is 5.92 Å². The molecular formula is C14H17BrN2O3. The number of aromatic carboxylic acids is 1. The summed E-state index contributed by atoms with van der Waals surface area (Å²) in [6, 6.07) is 4.54. The molecule has 2 unspecified atom stereocenters. The summed E-state index contributed by atoms with van der Waals surface area (Å²) in [7, 11) is 0. The van der Waals surface area contributed by atoms with Gasteiger partial charge in [-0.3, -0.25) is 4.79 Å². The number of halogens is 1. The number of carbonyl (C=O) groups excluding carboxylic acids is 1. The maximum atomic E-state index is 12.3. The molecule has 1 aliphatic carbocycles. The van der Waals surface area contributed by atoms with Crippen molar-refractivity contribution < 1.29 is 14.7 Å².